The minimum Gasteiger partial charge on any atom is -0.491 e. The molecule has 20 heavy (non-hydrogen) atoms. The molecular weight excluding hydrogens is 256 g/mol. The smallest absolute Gasteiger partial charge is 0.178 e. The van der Waals surface area contributed by atoms with Crippen molar-refractivity contribution in [3.8, 4) is 16.9 Å². The quantitative estimate of drug-likeness (QED) is 0.599. The van der Waals surface area contributed by atoms with E-state index in [0.29, 0.717) is 18.9 Å². The van der Waals surface area contributed by atoms with E-state index in [1.165, 1.54) is 0 Å². The van der Waals surface area contributed by atoms with Crippen LogP contribution in [0.1, 0.15) is 17.4 Å². The van der Waals surface area contributed by atoms with Gasteiger partial charge < -0.3 is 9.47 Å². The third kappa shape index (κ3) is 3.05. The van der Waals surface area contributed by atoms with Gasteiger partial charge in [0.15, 0.2) is 5.78 Å². The van der Waals surface area contributed by atoms with Crippen molar-refractivity contribution in [2.45, 2.75) is 6.92 Å². The van der Waals surface area contributed by atoms with Crippen molar-refractivity contribution in [2.75, 3.05) is 20.3 Å². The van der Waals surface area contributed by atoms with E-state index in [4.69, 9.17) is 9.47 Å². The third-order valence-electron chi connectivity index (χ3n) is 2.99. The molecule has 0 bridgehead atoms. The Morgan fingerprint density at radius 2 is 1.95 bits per heavy atom. The van der Waals surface area contributed by atoms with Gasteiger partial charge in [0.05, 0.1) is 12.8 Å². The van der Waals surface area contributed by atoms with Crippen molar-refractivity contribution in [1.29, 1.82) is 0 Å². The van der Waals surface area contributed by atoms with E-state index in [1.807, 2.05) is 24.3 Å². The van der Waals surface area contributed by atoms with E-state index in [-0.39, 0.29) is 5.78 Å². The molecule has 0 unspecified atom stereocenters. The monoisotopic (exact) mass is 274 g/mol. The number of Topliss-reactive ketones (excluding diaryl/α,β-unsaturated/α-hetero) is 1. The topological polar surface area (TPSA) is 53.4 Å². The molecule has 0 atom stereocenters. The van der Waals surface area contributed by atoms with Crippen LogP contribution in [0.5, 0.6) is 5.75 Å². The molecule has 1 aromatic heterocycles. The van der Waals surface area contributed by atoms with Crippen molar-refractivity contribution in [2.24, 2.45) is 7.05 Å². The zero-order chi connectivity index (χ0) is 14.5. The Balaban J connectivity index is 2.20. The van der Waals surface area contributed by atoms with Gasteiger partial charge in [-0.2, -0.15) is 5.10 Å². The maximum atomic E-state index is 11.7. The molecule has 0 N–H and O–H groups in total. The molecule has 0 fully saturated rings. The summed E-state index contributed by atoms with van der Waals surface area (Å²) in [6.07, 6.45) is 1.71. The zero-order valence-electron chi connectivity index (χ0n) is 11.9. The summed E-state index contributed by atoms with van der Waals surface area (Å²) < 4.78 is 12.0. The fourth-order valence-corrected chi connectivity index (χ4v) is 2.04. The number of aryl methyl sites for hydroxylation is 1. The van der Waals surface area contributed by atoms with Gasteiger partial charge in [0, 0.05) is 26.6 Å². The Morgan fingerprint density at radius 3 is 2.55 bits per heavy atom. The van der Waals surface area contributed by atoms with Crippen LogP contribution in [-0.2, 0) is 11.8 Å². The normalized spacial score (nSPS) is 10.6. The molecule has 0 aliphatic carbocycles. The Hall–Kier alpha value is -2.14. The lowest BCUT2D eigenvalue weighted by atomic mass is 10.0. The predicted molar refractivity (Wildman–Crippen MR) is 76.0 cm³/mol. The van der Waals surface area contributed by atoms with Crippen LogP contribution in [-0.4, -0.2) is 35.9 Å². The van der Waals surface area contributed by atoms with Gasteiger partial charge in [0.2, 0.25) is 0 Å². The summed E-state index contributed by atoms with van der Waals surface area (Å²) in [7, 11) is 3.40. The summed E-state index contributed by atoms with van der Waals surface area (Å²) in [4.78, 5) is 11.7. The minimum atomic E-state index is 0.000390. The lowest BCUT2D eigenvalue weighted by Gasteiger charge is -2.07. The zero-order valence-corrected chi connectivity index (χ0v) is 11.9. The molecule has 0 aliphatic heterocycles. The van der Waals surface area contributed by atoms with Crippen molar-refractivity contribution >= 4 is 5.78 Å². The van der Waals surface area contributed by atoms with Crippen LogP contribution in [0, 0.1) is 0 Å². The predicted octanol–water partition coefficient (Wildman–Crippen LogP) is 2.31. The molecule has 0 saturated heterocycles. The maximum absolute atomic E-state index is 11.7. The van der Waals surface area contributed by atoms with Gasteiger partial charge in [-0.15, -0.1) is 0 Å². The van der Waals surface area contributed by atoms with E-state index in [9.17, 15) is 4.79 Å². The molecular formula is C15H18N2O3. The number of nitrogens with zero attached hydrogens (tertiary/aromatic N) is 2. The Bertz CT molecular complexity index is 588. The second kappa shape index (κ2) is 6.34. The highest BCUT2D eigenvalue weighted by molar-refractivity contribution is 5.99. The van der Waals surface area contributed by atoms with Crippen molar-refractivity contribution < 1.29 is 14.3 Å². The number of ether oxygens (including phenoxy) is 2. The van der Waals surface area contributed by atoms with Gasteiger partial charge in [-0.3, -0.25) is 9.48 Å². The van der Waals surface area contributed by atoms with Crippen LogP contribution >= 0.6 is 0 Å². The van der Waals surface area contributed by atoms with Crippen LogP contribution in [0.3, 0.4) is 0 Å². The second-order valence-electron chi connectivity index (χ2n) is 4.45. The van der Waals surface area contributed by atoms with E-state index in [2.05, 4.69) is 5.10 Å². The largest absolute Gasteiger partial charge is 0.491 e. The maximum Gasteiger partial charge on any atom is 0.178 e. The Morgan fingerprint density at radius 1 is 1.25 bits per heavy atom. The highest BCUT2D eigenvalue weighted by atomic mass is 16.5. The lowest BCUT2D eigenvalue weighted by molar-refractivity contribution is 0.100. The van der Waals surface area contributed by atoms with Gasteiger partial charge in [-0.1, -0.05) is 12.1 Å². The van der Waals surface area contributed by atoms with Crippen LogP contribution in [0.4, 0.5) is 0 Å². The third-order valence-corrected chi connectivity index (χ3v) is 2.99. The first-order valence-corrected chi connectivity index (χ1v) is 6.38. The summed E-state index contributed by atoms with van der Waals surface area (Å²) in [5.74, 6) is 0.777. The molecule has 5 nitrogen and oxygen atoms in total. The molecule has 106 valence electrons. The number of hydrogen-bond donors (Lipinski definition) is 0. The summed E-state index contributed by atoms with van der Waals surface area (Å²) in [6, 6.07) is 7.60. The first kappa shape index (κ1) is 14.3. The number of carbonyl (C=O) groups excluding carboxylic acids is 1. The van der Waals surface area contributed by atoms with Crippen molar-refractivity contribution in [1.82, 2.24) is 9.78 Å². The molecule has 1 heterocycles. The number of carbonyl (C=O) groups is 1. The fourth-order valence-electron chi connectivity index (χ4n) is 2.04. The van der Waals surface area contributed by atoms with Gasteiger partial charge >= 0.3 is 0 Å². The number of benzene rings is 1. The van der Waals surface area contributed by atoms with Crippen molar-refractivity contribution in [3.05, 3.63) is 36.2 Å². The lowest BCUT2D eigenvalue weighted by Crippen LogP contribution is -2.05. The molecule has 2 aromatic rings. The van der Waals surface area contributed by atoms with Crippen LogP contribution in [0.15, 0.2) is 30.5 Å². The van der Waals surface area contributed by atoms with Crippen LogP contribution in [0.2, 0.25) is 0 Å². The van der Waals surface area contributed by atoms with Crippen LogP contribution < -0.4 is 4.74 Å². The average Bonchev–Trinajstić information content (AvgIpc) is 2.82. The number of aromatic nitrogens is 2. The Labute approximate surface area is 118 Å². The van der Waals surface area contributed by atoms with Gasteiger partial charge in [0.25, 0.3) is 0 Å². The highest BCUT2D eigenvalue weighted by Gasteiger charge is 2.14. The van der Waals surface area contributed by atoms with E-state index < -0.39 is 0 Å². The fraction of sp³-hybridized carbons (Fsp3) is 0.333. The van der Waals surface area contributed by atoms with E-state index >= 15 is 0 Å². The summed E-state index contributed by atoms with van der Waals surface area (Å²) in [6.45, 7) is 2.61. The van der Waals surface area contributed by atoms with Crippen LogP contribution in [0.25, 0.3) is 11.1 Å². The van der Waals surface area contributed by atoms with E-state index in [1.54, 1.807) is 32.0 Å². The molecule has 2 rings (SSSR count). The molecule has 0 spiro atoms. The van der Waals surface area contributed by atoms with Gasteiger partial charge in [-0.05, 0) is 17.7 Å². The minimum absolute atomic E-state index is 0.000390. The summed E-state index contributed by atoms with van der Waals surface area (Å²) in [5.41, 5.74) is 2.39. The molecule has 5 heteroatoms. The number of methoxy groups -OCH3 is 1. The molecule has 0 aliphatic rings. The first-order valence-electron chi connectivity index (χ1n) is 6.38. The Kier molecular flexibility index (Phi) is 4.53. The molecule has 0 saturated carbocycles. The number of rotatable bonds is 6. The molecule has 0 amide bonds. The molecule has 1 aromatic carbocycles. The second-order valence-corrected chi connectivity index (χ2v) is 4.45. The van der Waals surface area contributed by atoms with Gasteiger partial charge in [0.1, 0.15) is 18.1 Å². The SMILES string of the molecule is COCCOc1ccc(-c2cnn(C)c2C(C)=O)cc1. The standard InChI is InChI=1S/C15H18N2O3/c1-11(18)15-14(10-16-17(15)2)12-4-6-13(7-5-12)20-9-8-19-3/h4-7,10H,8-9H2,1-3H3. The average molecular weight is 274 g/mol. The van der Waals surface area contributed by atoms with Gasteiger partial charge in [-0.25, -0.2) is 0 Å². The first-order chi connectivity index (χ1) is 9.63. The van der Waals surface area contributed by atoms with Crippen molar-refractivity contribution in [3.63, 3.8) is 0 Å². The number of hydrogen-bond acceptors (Lipinski definition) is 4. The molecule has 0 radical (unpaired) electrons. The summed E-state index contributed by atoms with van der Waals surface area (Å²) in [5, 5.41) is 4.15. The number of ketones is 1. The summed E-state index contributed by atoms with van der Waals surface area (Å²) >= 11 is 0. The highest BCUT2D eigenvalue weighted by Crippen LogP contribution is 2.25. The van der Waals surface area contributed by atoms with E-state index in [0.717, 1.165) is 16.9 Å².